The van der Waals surface area contributed by atoms with Gasteiger partial charge in [-0.25, -0.2) is 8.42 Å². The molecule has 0 spiro atoms. The largest absolute Gasteiger partial charge is 0.496 e. The molecule has 2 rings (SSSR count). The van der Waals surface area contributed by atoms with Crippen molar-refractivity contribution >= 4 is 15.8 Å². The molecule has 1 unspecified atom stereocenters. The van der Waals surface area contributed by atoms with Crippen LogP contribution in [0.4, 0.5) is 0 Å². The normalized spacial score (nSPS) is 16.1. The molecule has 1 aliphatic carbocycles. The van der Waals surface area contributed by atoms with Crippen LogP contribution in [0.2, 0.25) is 0 Å². The van der Waals surface area contributed by atoms with Gasteiger partial charge in [-0.15, -0.1) is 0 Å². The third-order valence-electron chi connectivity index (χ3n) is 3.90. The van der Waals surface area contributed by atoms with Crippen molar-refractivity contribution in [3.8, 4) is 11.5 Å². The van der Waals surface area contributed by atoms with Crippen LogP contribution in [0.15, 0.2) is 17.0 Å². The minimum atomic E-state index is -3.47. The van der Waals surface area contributed by atoms with Gasteiger partial charge in [-0.3, -0.25) is 4.79 Å². The van der Waals surface area contributed by atoms with Gasteiger partial charge in [-0.1, -0.05) is 0 Å². The summed E-state index contributed by atoms with van der Waals surface area (Å²) in [5.74, 6) is -0.187. The van der Waals surface area contributed by atoms with Crippen LogP contribution in [0.5, 0.6) is 11.5 Å². The van der Waals surface area contributed by atoms with E-state index in [1.165, 1.54) is 20.3 Å². The summed E-state index contributed by atoms with van der Waals surface area (Å²) in [6.07, 6.45) is 3.02. The fourth-order valence-corrected chi connectivity index (χ4v) is 3.52. The highest BCUT2D eigenvalue weighted by Crippen LogP contribution is 2.48. The highest BCUT2D eigenvalue weighted by Gasteiger charge is 2.36. The number of sulfone groups is 1. The third kappa shape index (κ3) is 3.52. The molecule has 7 heteroatoms. The minimum absolute atomic E-state index is 0.0115. The molecule has 0 saturated heterocycles. The number of rotatable bonds is 7. The van der Waals surface area contributed by atoms with Crippen molar-refractivity contribution in [3.05, 3.63) is 17.7 Å². The molecule has 1 aromatic rings. The average Bonchev–Trinajstić information content (AvgIpc) is 3.26. The Morgan fingerprint density at radius 1 is 1.27 bits per heavy atom. The lowest BCUT2D eigenvalue weighted by Crippen LogP contribution is -2.11. The molecule has 1 N–H and O–H groups in total. The van der Waals surface area contributed by atoms with E-state index < -0.39 is 15.8 Å². The molecule has 1 atom stereocenters. The lowest BCUT2D eigenvalue weighted by atomic mass is 9.90. The standard InChI is InChI=1S/C15H20O6S/c1-20-12-8-14(22(3,18)19)13(21-2)6-11(12)10(7-15(16)17)9-4-5-9/h6,8-10H,4-5,7H2,1-3H3,(H,16,17). The molecule has 0 heterocycles. The summed E-state index contributed by atoms with van der Waals surface area (Å²) in [4.78, 5) is 11.2. The van der Waals surface area contributed by atoms with Gasteiger partial charge in [0, 0.05) is 23.8 Å². The van der Waals surface area contributed by atoms with E-state index in [0.29, 0.717) is 17.2 Å². The van der Waals surface area contributed by atoms with E-state index in [1.54, 1.807) is 6.07 Å². The van der Waals surface area contributed by atoms with Crippen LogP contribution in [0, 0.1) is 5.92 Å². The van der Waals surface area contributed by atoms with Crippen molar-refractivity contribution in [1.82, 2.24) is 0 Å². The van der Waals surface area contributed by atoms with E-state index in [9.17, 15) is 13.2 Å². The number of aliphatic carboxylic acids is 1. The van der Waals surface area contributed by atoms with E-state index in [0.717, 1.165) is 19.1 Å². The zero-order chi connectivity index (χ0) is 16.5. The molecule has 1 aliphatic rings. The molecule has 22 heavy (non-hydrogen) atoms. The van der Waals surface area contributed by atoms with Gasteiger partial charge >= 0.3 is 5.97 Å². The summed E-state index contributed by atoms with van der Waals surface area (Å²) in [7, 11) is -0.631. The summed E-state index contributed by atoms with van der Waals surface area (Å²) in [5.41, 5.74) is 0.691. The van der Waals surface area contributed by atoms with Gasteiger partial charge in [0.25, 0.3) is 0 Å². The van der Waals surface area contributed by atoms with Gasteiger partial charge in [0.05, 0.1) is 20.6 Å². The molecular weight excluding hydrogens is 308 g/mol. The van der Waals surface area contributed by atoms with E-state index in [-0.39, 0.29) is 23.0 Å². The first-order valence-corrected chi connectivity index (χ1v) is 8.84. The Hall–Kier alpha value is -1.76. The second kappa shape index (κ2) is 6.16. The Morgan fingerprint density at radius 3 is 2.27 bits per heavy atom. The van der Waals surface area contributed by atoms with E-state index in [4.69, 9.17) is 14.6 Å². The zero-order valence-corrected chi connectivity index (χ0v) is 13.6. The van der Waals surface area contributed by atoms with Crippen molar-refractivity contribution in [2.45, 2.75) is 30.1 Å². The minimum Gasteiger partial charge on any atom is -0.496 e. The van der Waals surface area contributed by atoms with Crippen LogP contribution < -0.4 is 9.47 Å². The van der Waals surface area contributed by atoms with E-state index in [1.807, 2.05) is 0 Å². The molecule has 6 nitrogen and oxygen atoms in total. The molecule has 1 aromatic carbocycles. The first-order chi connectivity index (χ1) is 10.3. The molecule has 1 fully saturated rings. The van der Waals surface area contributed by atoms with Crippen LogP contribution in [-0.4, -0.2) is 40.0 Å². The molecule has 0 amide bonds. The predicted octanol–water partition coefficient (Wildman–Crippen LogP) is 2.08. The van der Waals surface area contributed by atoms with Crippen molar-refractivity contribution in [1.29, 1.82) is 0 Å². The van der Waals surface area contributed by atoms with Crippen LogP contribution in [0.1, 0.15) is 30.7 Å². The lowest BCUT2D eigenvalue weighted by molar-refractivity contribution is -0.137. The quantitative estimate of drug-likeness (QED) is 0.824. The molecule has 0 bridgehead atoms. The number of carboxylic acids is 1. The first kappa shape index (κ1) is 16.6. The molecule has 1 saturated carbocycles. The number of hydrogen-bond acceptors (Lipinski definition) is 5. The average molecular weight is 328 g/mol. The van der Waals surface area contributed by atoms with E-state index >= 15 is 0 Å². The van der Waals surface area contributed by atoms with Gasteiger partial charge in [-0.05, 0) is 24.8 Å². The van der Waals surface area contributed by atoms with Gasteiger partial charge < -0.3 is 14.6 Å². The summed E-state index contributed by atoms with van der Waals surface area (Å²) in [6.45, 7) is 0. The third-order valence-corrected chi connectivity index (χ3v) is 5.02. The zero-order valence-electron chi connectivity index (χ0n) is 12.8. The fourth-order valence-electron chi connectivity index (χ4n) is 2.69. The smallest absolute Gasteiger partial charge is 0.303 e. The van der Waals surface area contributed by atoms with Gasteiger partial charge in [0.1, 0.15) is 16.4 Å². The maximum absolute atomic E-state index is 11.9. The maximum atomic E-state index is 11.9. The van der Waals surface area contributed by atoms with Crippen LogP contribution in [0.3, 0.4) is 0 Å². The summed E-state index contributed by atoms with van der Waals surface area (Å²) < 4.78 is 34.2. The number of carbonyl (C=O) groups is 1. The van der Waals surface area contributed by atoms with Crippen molar-refractivity contribution < 1.29 is 27.8 Å². The second-order valence-electron chi connectivity index (χ2n) is 5.56. The summed E-state index contributed by atoms with van der Waals surface area (Å²) in [6, 6.07) is 3.02. The van der Waals surface area contributed by atoms with Crippen LogP contribution in [0.25, 0.3) is 0 Å². The molecule has 0 aliphatic heterocycles. The van der Waals surface area contributed by atoms with Gasteiger partial charge in [-0.2, -0.15) is 0 Å². The second-order valence-corrected chi connectivity index (χ2v) is 7.54. The molecule has 0 aromatic heterocycles. The molecular formula is C15H20O6S. The summed E-state index contributed by atoms with van der Waals surface area (Å²) in [5, 5.41) is 9.13. The Morgan fingerprint density at radius 2 is 1.86 bits per heavy atom. The van der Waals surface area contributed by atoms with Crippen LogP contribution in [-0.2, 0) is 14.6 Å². The number of carboxylic acid groups (broad SMARTS) is 1. The maximum Gasteiger partial charge on any atom is 0.303 e. The lowest BCUT2D eigenvalue weighted by Gasteiger charge is -2.20. The van der Waals surface area contributed by atoms with Gasteiger partial charge in [0.15, 0.2) is 9.84 Å². The predicted molar refractivity (Wildman–Crippen MR) is 80.4 cm³/mol. The highest BCUT2D eigenvalue weighted by atomic mass is 32.2. The Labute approximate surface area is 130 Å². The monoisotopic (exact) mass is 328 g/mol. The Balaban J connectivity index is 2.57. The van der Waals surface area contributed by atoms with Crippen molar-refractivity contribution in [3.63, 3.8) is 0 Å². The molecule has 122 valence electrons. The highest BCUT2D eigenvalue weighted by molar-refractivity contribution is 7.90. The van der Waals surface area contributed by atoms with E-state index in [2.05, 4.69) is 0 Å². The Bertz CT molecular complexity index is 676. The molecule has 0 radical (unpaired) electrons. The number of ether oxygens (including phenoxy) is 2. The Kier molecular flexibility index (Phi) is 4.65. The SMILES string of the molecule is COc1cc(S(C)(=O)=O)c(OC)cc1C(CC(=O)O)C1CC1. The van der Waals surface area contributed by atoms with Crippen molar-refractivity contribution in [2.75, 3.05) is 20.5 Å². The van der Waals surface area contributed by atoms with Crippen LogP contribution >= 0.6 is 0 Å². The topological polar surface area (TPSA) is 89.9 Å². The summed E-state index contributed by atoms with van der Waals surface area (Å²) >= 11 is 0. The van der Waals surface area contributed by atoms with Gasteiger partial charge in [0.2, 0.25) is 0 Å². The first-order valence-electron chi connectivity index (χ1n) is 6.95. The fraction of sp³-hybridized carbons (Fsp3) is 0.533. The number of methoxy groups -OCH3 is 2. The number of hydrogen-bond donors (Lipinski definition) is 1. The number of benzene rings is 1. The van der Waals surface area contributed by atoms with Crippen molar-refractivity contribution in [2.24, 2.45) is 5.92 Å².